The second-order valence-electron chi connectivity index (χ2n) is 17.8. The lowest BCUT2D eigenvalue weighted by Crippen LogP contribution is -2.30. The molecule has 0 saturated carbocycles. The van der Waals surface area contributed by atoms with Crippen LogP contribution in [0.15, 0.2) is 182 Å². The van der Waals surface area contributed by atoms with Crippen molar-refractivity contribution in [3.05, 3.63) is 182 Å². The molecule has 0 aliphatic rings. The van der Waals surface area contributed by atoms with Crippen molar-refractivity contribution in [3.63, 3.8) is 0 Å². The van der Waals surface area contributed by atoms with Crippen LogP contribution in [0.1, 0.15) is 201 Å². The zero-order chi connectivity index (χ0) is 52.9. The predicted molar refractivity (Wildman–Crippen MR) is 315 cm³/mol. The highest BCUT2D eigenvalue weighted by Crippen LogP contribution is 2.11. The number of carbonyl (C=O) groups is 3. The first-order chi connectivity index (χ1) is 36.0. The first-order valence-electron chi connectivity index (χ1n) is 28.3. The summed E-state index contributed by atoms with van der Waals surface area (Å²) in [5, 5.41) is 0. The lowest BCUT2D eigenvalue weighted by Gasteiger charge is -2.18. The van der Waals surface area contributed by atoms with Crippen molar-refractivity contribution in [3.8, 4) is 0 Å². The maximum absolute atomic E-state index is 12.7. The molecule has 0 aromatic heterocycles. The van der Waals surface area contributed by atoms with E-state index in [4.69, 9.17) is 14.2 Å². The molecule has 0 radical (unpaired) electrons. The molecule has 0 rings (SSSR count). The van der Waals surface area contributed by atoms with Crippen LogP contribution in [-0.4, -0.2) is 37.2 Å². The molecule has 0 fully saturated rings. The maximum Gasteiger partial charge on any atom is 0.310 e. The van der Waals surface area contributed by atoms with Crippen molar-refractivity contribution in [2.24, 2.45) is 0 Å². The lowest BCUT2D eigenvalue weighted by molar-refractivity contribution is -0.166. The van der Waals surface area contributed by atoms with Crippen LogP contribution in [0.5, 0.6) is 0 Å². The zero-order valence-corrected chi connectivity index (χ0v) is 46.1. The predicted octanol–water partition coefficient (Wildman–Crippen LogP) is 19.3. The van der Waals surface area contributed by atoms with Gasteiger partial charge in [0.05, 0.1) is 6.42 Å². The van der Waals surface area contributed by atoms with Gasteiger partial charge in [-0.2, -0.15) is 0 Å². The highest BCUT2D eigenvalue weighted by Gasteiger charge is 2.19. The SMILES string of the molecule is CC/C=C\C/C=C\C/C=C\C/C=C\C/C=C\C/C=C\C/C=C\C/C=C\C/C=C\C/C=C\CCCCC(=O)OCC(COC(=O)CCCCCCCCC)OC(=O)C/C=C\C/C=C\C/C=C\C/C=C\C/C=C\CC. The quantitative estimate of drug-likeness (QED) is 0.0262. The van der Waals surface area contributed by atoms with E-state index in [0.29, 0.717) is 19.3 Å². The third-order valence-corrected chi connectivity index (χ3v) is 10.9. The van der Waals surface area contributed by atoms with Gasteiger partial charge in [0.2, 0.25) is 0 Å². The Morgan fingerprint density at radius 1 is 0.301 bits per heavy atom. The van der Waals surface area contributed by atoms with Crippen LogP contribution in [-0.2, 0) is 28.6 Å². The zero-order valence-electron chi connectivity index (χ0n) is 46.1. The maximum atomic E-state index is 12.7. The van der Waals surface area contributed by atoms with Crippen LogP contribution in [0.25, 0.3) is 0 Å². The molecule has 0 aliphatic carbocycles. The monoisotopic (exact) mass is 1000 g/mol. The molecule has 1 unspecified atom stereocenters. The number of allylic oxidation sites excluding steroid dienone is 29. The molecule has 0 aromatic carbocycles. The molecule has 1 atom stereocenters. The van der Waals surface area contributed by atoms with Crippen LogP contribution in [0.2, 0.25) is 0 Å². The van der Waals surface area contributed by atoms with E-state index in [1.807, 2.05) is 6.08 Å². The fourth-order valence-corrected chi connectivity index (χ4v) is 6.78. The van der Waals surface area contributed by atoms with Crippen LogP contribution >= 0.6 is 0 Å². The normalized spacial score (nSPS) is 13.5. The molecule has 0 aliphatic heterocycles. The van der Waals surface area contributed by atoms with E-state index in [9.17, 15) is 14.4 Å². The third kappa shape index (κ3) is 57.3. The fourth-order valence-electron chi connectivity index (χ4n) is 6.78. The lowest BCUT2D eigenvalue weighted by atomic mass is 10.1. The summed E-state index contributed by atoms with van der Waals surface area (Å²) in [7, 11) is 0. The number of hydrogen-bond donors (Lipinski definition) is 0. The summed E-state index contributed by atoms with van der Waals surface area (Å²) in [6, 6.07) is 0. The van der Waals surface area contributed by atoms with Crippen molar-refractivity contribution in [1.29, 1.82) is 0 Å². The van der Waals surface area contributed by atoms with Crippen LogP contribution < -0.4 is 0 Å². The molecule has 0 spiro atoms. The molecule has 0 bridgehead atoms. The van der Waals surface area contributed by atoms with Crippen molar-refractivity contribution in [2.45, 2.75) is 207 Å². The summed E-state index contributed by atoms with van der Waals surface area (Å²) in [6.07, 6.45) is 89.4. The average molecular weight is 1000 g/mol. The van der Waals surface area contributed by atoms with Crippen LogP contribution in [0.4, 0.5) is 0 Å². The Labute approximate surface area is 446 Å². The summed E-state index contributed by atoms with van der Waals surface area (Å²) < 4.78 is 16.6. The van der Waals surface area contributed by atoms with E-state index in [1.54, 1.807) is 6.08 Å². The number of rotatable bonds is 48. The van der Waals surface area contributed by atoms with E-state index in [2.05, 4.69) is 191 Å². The number of esters is 3. The Kier molecular flexibility index (Phi) is 54.6. The molecule has 73 heavy (non-hydrogen) atoms. The Hall–Kier alpha value is -5.49. The first-order valence-corrected chi connectivity index (χ1v) is 28.3. The van der Waals surface area contributed by atoms with Gasteiger partial charge < -0.3 is 14.2 Å². The molecule has 0 heterocycles. The molecule has 6 nitrogen and oxygen atoms in total. The first kappa shape index (κ1) is 67.5. The molecule has 6 heteroatoms. The molecular weight excluding hydrogens is 901 g/mol. The van der Waals surface area contributed by atoms with Crippen molar-refractivity contribution in [2.75, 3.05) is 13.2 Å². The van der Waals surface area contributed by atoms with Gasteiger partial charge in [-0.05, 0) is 122 Å². The Morgan fingerprint density at radius 2 is 0.575 bits per heavy atom. The summed E-state index contributed by atoms with van der Waals surface area (Å²) in [5.74, 6) is -1.14. The number of hydrogen-bond acceptors (Lipinski definition) is 6. The fraction of sp³-hybridized carbons (Fsp3) is 0.507. The second-order valence-corrected chi connectivity index (χ2v) is 17.8. The van der Waals surface area contributed by atoms with Gasteiger partial charge in [0.15, 0.2) is 6.10 Å². The van der Waals surface area contributed by atoms with Crippen molar-refractivity contribution in [1.82, 2.24) is 0 Å². The van der Waals surface area contributed by atoms with Gasteiger partial charge in [0.1, 0.15) is 13.2 Å². The van der Waals surface area contributed by atoms with Gasteiger partial charge in [-0.15, -0.1) is 0 Å². The summed E-state index contributed by atoms with van der Waals surface area (Å²) >= 11 is 0. The topological polar surface area (TPSA) is 78.9 Å². The molecule has 0 aromatic rings. The number of ether oxygens (including phenoxy) is 3. The van der Waals surface area contributed by atoms with Crippen LogP contribution in [0, 0.1) is 0 Å². The van der Waals surface area contributed by atoms with Crippen molar-refractivity contribution < 1.29 is 28.6 Å². The largest absolute Gasteiger partial charge is 0.462 e. The van der Waals surface area contributed by atoms with Crippen molar-refractivity contribution >= 4 is 17.9 Å². The summed E-state index contributed by atoms with van der Waals surface area (Å²) in [5.41, 5.74) is 0. The highest BCUT2D eigenvalue weighted by atomic mass is 16.6. The highest BCUT2D eigenvalue weighted by molar-refractivity contribution is 5.72. The summed E-state index contributed by atoms with van der Waals surface area (Å²) in [6.45, 7) is 6.21. The van der Waals surface area contributed by atoms with Gasteiger partial charge in [-0.1, -0.05) is 242 Å². The van der Waals surface area contributed by atoms with E-state index < -0.39 is 12.1 Å². The molecule has 0 N–H and O–H groups in total. The Morgan fingerprint density at radius 3 is 0.904 bits per heavy atom. The van der Waals surface area contributed by atoms with E-state index in [0.717, 1.165) is 122 Å². The van der Waals surface area contributed by atoms with E-state index in [-0.39, 0.29) is 38.0 Å². The Balaban J connectivity index is 4.35. The van der Waals surface area contributed by atoms with Gasteiger partial charge >= 0.3 is 17.9 Å². The van der Waals surface area contributed by atoms with E-state index >= 15 is 0 Å². The number of unbranched alkanes of at least 4 members (excludes halogenated alkanes) is 8. The minimum atomic E-state index is -0.856. The standard InChI is InChI=1S/C67H100O6/c1-4-7-10-13-16-18-20-22-24-25-26-27-28-29-30-31-32-33-34-35-36-37-38-39-40-41-43-44-46-48-51-54-57-60-66(69)72-63-64(62-71-65(68)59-56-53-50-15-12-9-6-3)73-67(70)61-58-55-52-49-47-45-42-23-21-19-17-14-11-8-5-2/h7-8,10-11,16-19,22-24,26-27,29-30,32-33,35-36,38-39,41-43,46-49,55,58,64H,4-6,9,12-15,20-21,25,28,31,34,37,40,44-45,50-54,56-57,59-63H2,1-3H3/b10-7-,11-8-,18-16-,19-17-,24-22-,27-26-,30-29-,33-32-,36-35-,39-38-,42-23-,43-41-,48-46-,49-47-,58-55-. The number of carbonyl (C=O) groups excluding carboxylic acids is 3. The molecular formula is C67H100O6. The minimum absolute atomic E-state index is 0.0788. The average Bonchev–Trinajstić information content (AvgIpc) is 3.39. The third-order valence-electron chi connectivity index (χ3n) is 10.9. The van der Waals surface area contributed by atoms with E-state index in [1.165, 1.54) is 25.7 Å². The summed E-state index contributed by atoms with van der Waals surface area (Å²) in [4.78, 5) is 37.8. The van der Waals surface area contributed by atoms with Gasteiger partial charge in [-0.25, -0.2) is 0 Å². The van der Waals surface area contributed by atoms with Gasteiger partial charge in [-0.3, -0.25) is 14.4 Å². The Bertz CT molecular complexity index is 1770. The van der Waals surface area contributed by atoms with Crippen LogP contribution in [0.3, 0.4) is 0 Å². The van der Waals surface area contributed by atoms with Gasteiger partial charge in [0, 0.05) is 12.8 Å². The minimum Gasteiger partial charge on any atom is -0.462 e. The smallest absolute Gasteiger partial charge is 0.310 e. The molecule has 0 amide bonds. The molecule has 0 saturated heterocycles. The molecule has 404 valence electrons. The van der Waals surface area contributed by atoms with Gasteiger partial charge in [0.25, 0.3) is 0 Å². The second kappa shape index (κ2) is 59.1.